The highest BCUT2D eigenvalue weighted by Crippen LogP contribution is 2.59. The van der Waals surface area contributed by atoms with Crippen LogP contribution in [0.5, 0.6) is 0 Å². The predicted molar refractivity (Wildman–Crippen MR) is 78.0 cm³/mol. The van der Waals surface area contributed by atoms with Crippen LogP contribution < -0.4 is 5.32 Å². The number of thiophene rings is 1. The minimum absolute atomic E-state index is 0.00319. The van der Waals surface area contributed by atoms with Crippen LogP contribution in [-0.2, 0) is 14.3 Å². The summed E-state index contributed by atoms with van der Waals surface area (Å²) in [4.78, 5) is 24.3. The van der Waals surface area contributed by atoms with Gasteiger partial charge in [-0.1, -0.05) is 6.07 Å². The molecule has 2 heterocycles. The van der Waals surface area contributed by atoms with Crippen molar-refractivity contribution in [3.05, 3.63) is 22.4 Å². The first kappa shape index (κ1) is 14.5. The summed E-state index contributed by atoms with van der Waals surface area (Å²) >= 11 is 1.48. The average Bonchev–Trinajstić information content (AvgIpc) is 2.90. The van der Waals surface area contributed by atoms with Crippen LogP contribution in [0.4, 0.5) is 0 Å². The van der Waals surface area contributed by atoms with E-state index in [9.17, 15) is 9.59 Å². The molecule has 2 aliphatic rings. The van der Waals surface area contributed by atoms with Crippen molar-refractivity contribution in [2.45, 2.75) is 31.7 Å². The van der Waals surface area contributed by atoms with Gasteiger partial charge in [0.25, 0.3) is 0 Å². The second-order valence-corrected chi connectivity index (χ2v) is 6.89. The molecular formula is C15H19NO4S. The van der Waals surface area contributed by atoms with Crippen molar-refractivity contribution in [2.75, 3.05) is 13.2 Å². The Balaban J connectivity index is 1.63. The molecule has 1 aromatic heterocycles. The molecule has 114 valence electrons. The standard InChI is InChI=1S/C15H19NO4S/c17-13(18)8-11(12-2-1-7-21-12)16-14(19)10-9-15(10)3-5-20-6-4-15/h1-2,7,10-11H,3-6,8-9H2,(H,16,19)(H,17,18). The maximum absolute atomic E-state index is 12.4. The minimum atomic E-state index is -0.898. The van der Waals surface area contributed by atoms with E-state index in [-0.39, 0.29) is 23.7 Å². The van der Waals surface area contributed by atoms with E-state index in [0.717, 1.165) is 37.4 Å². The Kier molecular flexibility index (Phi) is 3.99. The summed E-state index contributed by atoms with van der Waals surface area (Å²) in [5.74, 6) is -0.875. The molecule has 1 saturated heterocycles. The third-order valence-electron chi connectivity index (χ3n) is 4.58. The lowest BCUT2D eigenvalue weighted by atomic mass is 9.93. The monoisotopic (exact) mass is 309 g/mol. The van der Waals surface area contributed by atoms with E-state index in [1.165, 1.54) is 11.3 Å². The van der Waals surface area contributed by atoms with Crippen molar-refractivity contribution in [3.63, 3.8) is 0 Å². The number of amides is 1. The molecule has 3 rings (SSSR count). The molecule has 6 heteroatoms. The molecule has 1 aliphatic heterocycles. The van der Waals surface area contributed by atoms with E-state index < -0.39 is 12.0 Å². The number of nitrogens with one attached hydrogen (secondary N) is 1. The van der Waals surface area contributed by atoms with E-state index in [2.05, 4.69) is 5.32 Å². The first-order valence-corrected chi connectivity index (χ1v) is 8.12. The Hall–Kier alpha value is -1.40. The Morgan fingerprint density at radius 2 is 2.24 bits per heavy atom. The number of rotatable bonds is 5. The van der Waals surface area contributed by atoms with Gasteiger partial charge >= 0.3 is 5.97 Å². The number of carbonyl (C=O) groups is 2. The number of carboxylic acid groups (broad SMARTS) is 1. The van der Waals surface area contributed by atoms with Crippen LogP contribution in [-0.4, -0.2) is 30.2 Å². The van der Waals surface area contributed by atoms with Crippen LogP contribution in [0.2, 0.25) is 0 Å². The Morgan fingerprint density at radius 1 is 1.48 bits per heavy atom. The largest absolute Gasteiger partial charge is 0.481 e. The number of carboxylic acids is 1. The lowest BCUT2D eigenvalue weighted by Crippen LogP contribution is -2.33. The van der Waals surface area contributed by atoms with Gasteiger partial charge in [0.1, 0.15) is 0 Å². The van der Waals surface area contributed by atoms with Crippen LogP contribution in [0.25, 0.3) is 0 Å². The third-order valence-corrected chi connectivity index (χ3v) is 5.56. The maximum Gasteiger partial charge on any atom is 0.305 e. The van der Waals surface area contributed by atoms with Gasteiger partial charge in [0.05, 0.1) is 12.5 Å². The predicted octanol–water partition coefficient (Wildman–Crippen LogP) is 2.20. The molecule has 2 atom stereocenters. The summed E-state index contributed by atoms with van der Waals surface area (Å²) in [6.45, 7) is 1.46. The molecule has 0 radical (unpaired) electrons. The highest BCUT2D eigenvalue weighted by atomic mass is 32.1. The topological polar surface area (TPSA) is 75.6 Å². The molecule has 5 nitrogen and oxygen atoms in total. The minimum Gasteiger partial charge on any atom is -0.481 e. The number of aliphatic carboxylic acids is 1. The Bertz CT molecular complexity index is 522. The van der Waals surface area contributed by atoms with E-state index in [0.29, 0.717) is 0 Å². The highest BCUT2D eigenvalue weighted by molar-refractivity contribution is 7.10. The normalized spacial score (nSPS) is 24.5. The average molecular weight is 309 g/mol. The molecule has 1 aromatic rings. The zero-order chi connectivity index (χ0) is 14.9. The van der Waals surface area contributed by atoms with Crippen molar-refractivity contribution in [2.24, 2.45) is 11.3 Å². The maximum atomic E-state index is 12.4. The van der Waals surface area contributed by atoms with Crippen molar-refractivity contribution < 1.29 is 19.4 Å². The van der Waals surface area contributed by atoms with Gasteiger partial charge in [0, 0.05) is 24.0 Å². The van der Waals surface area contributed by atoms with Crippen LogP contribution in [0.15, 0.2) is 17.5 Å². The summed E-state index contributed by atoms with van der Waals surface area (Å²) < 4.78 is 5.36. The molecule has 1 spiro atoms. The smallest absolute Gasteiger partial charge is 0.305 e. The molecule has 1 aliphatic carbocycles. The first-order chi connectivity index (χ1) is 10.1. The van der Waals surface area contributed by atoms with E-state index in [1.54, 1.807) is 0 Å². The van der Waals surface area contributed by atoms with Gasteiger partial charge in [0.2, 0.25) is 5.91 Å². The summed E-state index contributed by atoms with van der Waals surface area (Å²) in [7, 11) is 0. The lowest BCUT2D eigenvalue weighted by molar-refractivity contribution is -0.137. The number of carbonyl (C=O) groups excluding carboxylic acids is 1. The lowest BCUT2D eigenvalue weighted by Gasteiger charge is -2.23. The molecular weight excluding hydrogens is 290 g/mol. The van der Waals surface area contributed by atoms with Crippen LogP contribution >= 0.6 is 11.3 Å². The molecule has 1 amide bonds. The summed E-state index contributed by atoms with van der Waals surface area (Å²) in [5.41, 5.74) is 0.117. The zero-order valence-corrected chi connectivity index (χ0v) is 12.5. The summed E-state index contributed by atoms with van der Waals surface area (Å²) in [5, 5.41) is 13.9. The molecule has 2 fully saturated rings. The highest BCUT2D eigenvalue weighted by Gasteiger charge is 2.58. The number of hydrogen-bond acceptors (Lipinski definition) is 4. The number of ether oxygens (including phenoxy) is 1. The quantitative estimate of drug-likeness (QED) is 0.874. The summed E-state index contributed by atoms with van der Waals surface area (Å²) in [6.07, 6.45) is 2.71. The SMILES string of the molecule is O=C(O)CC(NC(=O)C1CC12CCOCC2)c1cccs1. The van der Waals surface area contributed by atoms with Crippen LogP contribution in [0, 0.1) is 11.3 Å². The molecule has 2 N–H and O–H groups in total. The van der Waals surface area contributed by atoms with Crippen molar-refractivity contribution in [1.29, 1.82) is 0 Å². The van der Waals surface area contributed by atoms with E-state index in [1.807, 2.05) is 17.5 Å². The van der Waals surface area contributed by atoms with Gasteiger partial charge in [0.15, 0.2) is 0 Å². The van der Waals surface area contributed by atoms with Crippen molar-refractivity contribution in [1.82, 2.24) is 5.32 Å². The van der Waals surface area contributed by atoms with Crippen LogP contribution in [0.3, 0.4) is 0 Å². The second kappa shape index (κ2) is 5.77. The van der Waals surface area contributed by atoms with Gasteiger partial charge in [-0.25, -0.2) is 0 Å². The summed E-state index contributed by atoms with van der Waals surface area (Å²) in [6, 6.07) is 3.32. The fourth-order valence-electron chi connectivity index (χ4n) is 3.21. The van der Waals surface area contributed by atoms with Crippen LogP contribution in [0.1, 0.15) is 36.6 Å². The van der Waals surface area contributed by atoms with Crippen molar-refractivity contribution in [3.8, 4) is 0 Å². The molecule has 2 unspecified atom stereocenters. The molecule has 0 aromatic carbocycles. The van der Waals surface area contributed by atoms with Gasteiger partial charge in [-0.05, 0) is 36.1 Å². The number of hydrogen-bond donors (Lipinski definition) is 2. The van der Waals surface area contributed by atoms with Gasteiger partial charge in [-0.3, -0.25) is 9.59 Å². The van der Waals surface area contributed by atoms with Gasteiger partial charge < -0.3 is 15.2 Å². The molecule has 0 bridgehead atoms. The van der Waals surface area contributed by atoms with E-state index in [4.69, 9.17) is 9.84 Å². The third kappa shape index (κ3) is 3.11. The first-order valence-electron chi connectivity index (χ1n) is 7.24. The fraction of sp³-hybridized carbons (Fsp3) is 0.600. The molecule has 21 heavy (non-hydrogen) atoms. The Labute approximate surface area is 127 Å². The van der Waals surface area contributed by atoms with Gasteiger partial charge in [-0.2, -0.15) is 0 Å². The Morgan fingerprint density at radius 3 is 2.86 bits per heavy atom. The van der Waals surface area contributed by atoms with E-state index >= 15 is 0 Å². The fourth-order valence-corrected chi connectivity index (χ4v) is 3.99. The van der Waals surface area contributed by atoms with Crippen molar-refractivity contribution >= 4 is 23.2 Å². The second-order valence-electron chi connectivity index (χ2n) is 5.91. The zero-order valence-electron chi connectivity index (χ0n) is 11.7. The van der Waals surface area contributed by atoms with Gasteiger partial charge in [-0.15, -0.1) is 11.3 Å². The molecule has 1 saturated carbocycles.